The van der Waals surface area contributed by atoms with Crippen LogP contribution in [0.5, 0.6) is 11.5 Å². The van der Waals surface area contributed by atoms with Crippen LogP contribution in [-0.4, -0.2) is 51.8 Å². The number of rotatable bonds is 4. The molecule has 3 heterocycles. The van der Waals surface area contributed by atoms with Gasteiger partial charge < -0.3 is 20.1 Å². The number of hydrogen-bond donors (Lipinski definition) is 2. The van der Waals surface area contributed by atoms with Gasteiger partial charge in [-0.3, -0.25) is 0 Å². The van der Waals surface area contributed by atoms with Gasteiger partial charge in [-0.1, -0.05) is 0 Å². The molecular formula is C17H22N2O5S. The van der Waals surface area contributed by atoms with Crippen LogP contribution in [0.15, 0.2) is 6.07 Å². The first-order valence-electron chi connectivity index (χ1n) is 8.70. The van der Waals surface area contributed by atoms with Gasteiger partial charge in [-0.25, -0.2) is 13.2 Å². The number of amides is 2. The van der Waals surface area contributed by atoms with Crippen molar-refractivity contribution in [1.82, 2.24) is 10.6 Å². The summed E-state index contributed by atoms with van der Waals surface area (Å²) in [5.41, 5.74) is 3.49. The smallest absolute Gasteiger partial charge is 0.315 e. The van der Waals surface area contributed by atoms with E-state index in [-0.39, 0.29) is 23.6 Å². The highest BCUT2D eigenvalue weighted by Crippen LogP contribution is 2.40. The Kier molecular flexibility index (Phi) is 4.23. The summed E-state index contributed by atoms with van der Waals surface area (Å²) in [6, 6.07) is 1.48. The molecule has 0 aliphatic carbocycles. The van der Waals surface area contributed by atoms with E-state index in [1.54, 1.807) is 0 Å². The molecular weight excluding hydrogens is 344 g/mol. The highest BCUT2D eigenvalue weighted by atomic mass is 32.2. The predicted octanol–water partition coefficient (Wildman–Crippen LogP) is 0.585. The SMILES string of the molecule is O=C(NCCc1c2c(cc3c1OCC3)OCC2)NC1CCS(=O)(=O)C1. The summed E-state index contributed by atoms with van der Waals surface area (Å²) in [7, 11) is -2.99. The molecule has 1 atom stereocenters. The topological polar surface area (TPSA) is 93.7 Å². The van der Waals surface area contributed by atoms with Crippen LogP contribution in [0.1, 0.15) is 23.1 Å². The van der Waals surface area contributed by atoms with E-state index >= 15 is 0 Å². The van der Waals surface area contributed by atoms with Crippen molar-refractivity contribution in [2.75, 3.05) is 31.3 Å². The molecule has 25 heavy (non-hydrogen) atoms. The Bertz CT molecular complexity index is 773. The summed E-state index contributed by atoms with van der Waals surface area (Å²) in [4.78, 5) is 12.0. The number of urea groups is 1. The van der Waals surface area contributed by atoms with Gasteiger partial charge in [-0.05, 0) is 18.9 Å². The third-order valence-electron chi connectivity index (χ3n) is 4.99. The molecule has 4 rings (SSSR count). The van der Waals surface area contributed by atoms with Gasteiger partial charge >= 0.3 is 6.03 Å². The summed E-state index contributed by atoms with van der Waals surface area (Å²) in [6.45, 7) is 1.85. The first-order chi connectivity index (χ1) is 12.0. The minimum absolute atomic E-state index is 0.0330. The van der Waals surface area contributed by atoms with Crippen molar-refractivity contribution in [3.05, 3.63) is 22.8 Å². The van der Waals surface area contributed by atoms with Gasteiger partial charge in [0.25, 0.3) is 0 Å². The van der Waals surface area contributed by atoms with E-state index < -0.39 is 9.84 Å². The van der Waals surface area contributed by atoms with Gasteiger partial charge in [0.15, 0.2) is 9.84 Å². The third-order valence-corrected chi connectivity index (χ3v) is 6.76. The summed E-state index contributed by atoms with van der Waals surface area (Å²) < 4.78 is 34.4. The van der Waals surface area contributed by atoms with Crippen molar-refractivity contribution in [2.45, 2.75) is 31.7 Å². The second kappa shape index (κ2) is 6.40. The monoisotopic (exact) mass is 366 g/mol. The Balaban J connectivity index is 1.36. The Morgan fingerprint density at radius 1 is 1.24 bits per heavy atom. The lowest BCUT2D eigenvalue weighted by molar-refractivity contribution is 0.238. The highest BCUT2D eigenvalue weighted by molar-refractivity contribution is 7.91. The zero-order chi connectivity index (χ0) is 17.4. The lowest BCUT2D eigenvalue weighted by Crippen LogP contribution is -2.43. The van der Waals surface area contributed by atoms with Crippen LogP contribution in [0, 0.1) is 0 Å². The van der Waals surface area contributed by atoms with Crippen molar-refractivity contribution in [3.8, 4) is 11.5 Å². The minimum Gasteiger partial charge on any atom is -0.493 e. The van der Waals surface area contributed by atoms with Gasteiger partial charge in [0.2, 0.25) is 0 Å². The molecule has 0 radical (unpaired) electrons. The van der Waals surface area contributed by atoms with E-state index in [1.807, 2.05) is 0 Å². The fraction of sp³-hybridized carbons (Fsp3) is 0.588. The van der Waals surface area contributed by atoms with Crippen LogP contribution in [0.3, 0.4) is 0 Å². The van der Waals surface area contributed by atoms with Crippen LogP contribution in [0.4, 0.5) is 4.79 Å². The maximum atomic E-state index is 12.0. The molecule has 1 saturated heterocycles. The van der Waals surface area contributed by atoms with E-state index in [2.05, 4.69) is 16.7 Å². The molecule has 0 spiro atoms. The molecule has 0 bridgehead atoms. The normalized spacial score (nSPS) is 22.6. The standard InChI is InChI=1S/C17H22N2O5S/c20-17(19-12-4-8-25(21,22)10-12)18-5-1-14-13-3-7-23-15(13)9-11-2-6-24-16(11)14/h9,12H,1-8,10H2,(H2,18,19,20). The van der Waals surface area contributed by atoms with Crippen molar-refractivity contribution in [1.29, 1.82) is 0 Å². The lowest BCUT2D eigenvalue weighted by atomic mass is 9.97. The Morgan fingerprint density at radius 2 is 2.08 bits per heavy atom. The third kappa shape index (κ3) is 3.40. The van der Waals surface area contributed by atoms with E-state index in [1.165, 1.54) is 11.1 Å². The quantitative estimate of drug-likeness (QED) is 0.813. The van der Waals surface area contributed by atoms with Crippen LogP contribution in [0.2, 0.25) is 0 Å². The first-order valence-corrected chi connectivity index (χ1v) is 10.5. The second-order valence-corrected chi connectivity index (χ2v) is 9.00. The molecule has 2 amide bonds. The predicted molar refractivity (Wildman–Crippen MR) is 92.1 cm³/mol. The van der Waals surface area contributed by atoms with Gasteiger partial charge in [0.1, 0.15) is 11.5 Å². The summed E-state index contributed by atoms with van der Waals surface area (Å²) in [6.07, 6.45) is 2.92. The molecule has 8 heteroatoms. The van der Waals surface area contributed by atoms with E-state index in [0.717, 1.165) is 29.9 Å². The van der Waals surface area contributed by atoms with E-state index in [9.17, 15) is 13.2 Å². The zero-order valence-electron chi connectivity index (χ0n) is 14.0. The first kappa shape index (κ1) is 16.5. The number of carbonyl (C=O) groups is 1. The van der Waals surface area contributed by atoms with Crippen molar-refractivity contribution in [3.63, 3.8) is 0 Å². The van der Waals surface area contributed by atoms with E-state index in [0.29, 0.717) is 32.6 Å². The number of fused-ring (bicyclic) bond motifs is 2. The molecule has 0 aromatic heterocycles. The number of hydrogen-bond acceptors (Lipinski definition) is 5. The number of benzene rings is 1. The zero-order valence-corrected chi connectivity index (χ0v) is 14.8. The molecule has 3 aliphatic rings. The number of sulfone groups is 1. The molecule has 136 valence electrons. The summed E-state index contributed by atoms with van der Waals surface area (Å²) in [5, 5.41) is 5.57. The van der Waals surface area contributed by atoms with Crippen LogP contribution >= 0.6 is 0 Å². The fourth-order valence-corrected chi connectivity index (χ4v) is 5.47. The largest absolute Gasteiger partial charge is 0.493 e. The Morgan fingerprint density at radius 3 is 2.88 bits per heavy atom. The maximum absolute atomic E-state index is 12.0. The van der Waals surface area contributed by atoms with Gasteiger partial charge in [-0.15, -0.1) is 0 Å². The van der Waals surface area contributed by atoms with Gasteiger partial charge in [0, 0.05) is 42.1 Å². The number of carbonyl (C=O) groups excluding carboxylic acids is 1. The van der Waals surface area contributed by atoms with Crippen molar-refractivity contribution in [2.24, 2.45) is 0 Å². The van der Waals surface area contributed by atoms with Crippen LogP contribution < -0.4 is 20.1 Å². The van der Waals surface area contributed by atoms with Gasteiger partial charge in [-0.2, -0.15) is 0 Å². The minimum atomic E-state index is -2.99. The molecule has 7 nitrogen and oxygen atoms in total. The lowest BCUT2D eigenvalue weighted by Gasteiger charge is -2.15. The fourth-order valence-electron chi connectivity index (χ4n) is 3.80. The number of nitrogens with one attached hydrogen (secondary N) is 2. The average Bonchev–Trinajstić information content (AvgIpc) is 3.26. The summed E-state index contributed by atoms with van der Waals surface area (Å²) in [5.74, 6) is 2.08. The van der Waals surface area contributed by atoms with Crippen LogP contribution in [-0.2, 0) is 29.1 Å². The molecule has 0 saturated carbocycles. The Hall–Kier alpha value is -1.96. The summed E-state index contributed by atoms with van der Waals surface area (Å²) >= 11 is 0. The number of ether oxygens (including phenoxy) is 2. The van der Waals surface area contributed by atoms with Crippen molar-refractivity contribution < 1.29 is 22.7 Å². The second-order valence-electron chi connectivity index (χ2n) is 6.77. The van der Waals surface area contributed by atoms with Gasteiger partial charge in [0.05, 0.1) is 24.7 Å². The van der Waals surface area contributed by atoms with Crippen LogP contribution in [0.25, 0.3) is 0 Å². The molecule has 3 aliphatic heterocycles. The molecule has 1 unspecified atom stereocenters. The molecule has 1 fully saturated rings. The highest BCUT2D eigenvalue weighted by Gasteiger charge is 2.29. The maximum Gasteiger partial charge on any atom is 0.315 e. The van der Waals surface area contributed by atoms with Crippen molar-refractivity contribution >= 4 is 15.9 Å². The average molecular weight is 366 g/mol. The molecule has 1 aromatic rings. The molecule has 1 aromatic carbocycles. The Labute approximate surface area is 147 Å². The van der Waals surface area contributed by atoms with E-state index in [4.69, 9.17) is 9.47 Å². The molecule has 2 N–H and O–H groups in total.